The molecule has 2 rings (SSSR count). The Hall–Kier alpha value is -1.95. The van der Waals surface area contributed by atoms with Crippen LogP contribution in [0.2, 0.25) is 0 Å². The van der Waals surface area contributed by atoms with Gasteiger partial charge in [-0.25, -0.2) is 4.98 Å². The molecular weight excluding hydrogens is 312 g/mol. The van der Waals surface area contributed by atoms with Crippen LogP contribution >= 0.6 is 11.3 Å². The number of carboxylic acid groups (broad SMARTS) is 1. The van der Waals surface area contributed by atoms with Crippen molar-refractivity contribution >= 4 is 23.1 Å². The summed E-state index contributed by atoms with van der Waals surface area (Å²) in [6.07, 6.45) is 11.2. The molecule has 6 heteroatoms. The van der Waals surface area contributed by atoms with Gasteiger partial charge < -0.3 is 9.67 Å². The summed E-state index contributed by atoms with van der Waals surface area (Å²) in [5.74, 6) is -0.991. The number of carbonyl (C=O) groups excluding carboxylic acids is 1. The zero-order chi connectivity index (χ0) is 16.5. The lowest BCUT2D eigenvalue weighted by Crippen LogP contribution is -2.01. The SMILES string of the molecule is O=C(O)CCC(=O)c1ccc(CCCCCCn2ccnc2)s1. The predicted molar refractivity (Wildman–Crippen MR) is 89.9 cm³/mol. The van der Waals surface area contributed by atoms with Crippen molar-refractivity contribution in [2.45, 2.75) is 51.5 Å². The van der Waals surface area contributed by atoms with Gasteiger partial charge >= 0.3 is 5.97 Å². The van der Waals surface area contributed by atoms with Gasteiger partial charge in [0.05, 0.1) is 17.6 Å². The fourth-order valence-corrected chi connectivity index (χ4v) is 3.39. The van der Waals surface area contributed by atoms with E-state index in [0.717, 1.165) is 25.8 Å². The molecule has 1 N–H and O–H groups in total. The standard InChI is InChI=1S/C17H22N2O3S/c20-15(7-9-17(21)22)16-8-6-14(23-16)5-3-1-2-4-11-19-12-10-18-13-19/h6,8,10,12-13H,1-5,7,9,11H2,(H,21,22). The molecule has 0 aliphatic heterocycles. The maximum absolute atomic E-state index is 11.8. The predicted octanol–water partition coefficient (Wildman–Crippen LogP) is 3.80. The van der Waals surface area contributed by atoms with E-state index >= 15 is 0 Å². The largest absolute Gasteiger partial charge is 0.481 e. The maximum Gasteiger partial charge on any atom is 0.303 e. The van der Waals surface area contributed by atoms with E-state index in [4.69, 9.17) is 5.11 Å². The molecule has 0 fully saturated rings. The van der Waals surface area contributed by atoms with Crippen LogP contribution in [0.1, 0.15) is 53.1 Å². The third-order valence-electron chi connectivity index (χ3n) is 3.65. The van der Waals surface area contributed by atoms with Gasteiger partial charge in [0, 0.05) is 30.2 Å². The fourth-order valence-electron chi connectivity index (χ4n) is 2.37. The third kappa shape index (κ3) is 6.36. The molecule has 23 heavy (non-hydrogen) atoms. The van der Waals surface area contributed by atoms with Crippen molar-refractivity contribution in [2.75, 3.05) is 0 Å². The lowest BCUT2D eigenvalue weighted by atomic mass is 10.1. The topological polar surface area (TPSA) is 72.2 Å². The quantitative estimate of drug-likeness (QED) is 0.501. The van der Waals surface area contributed by atoms with Crippen LogP contribution in [0.25, 0.3) is 0 Å². The van der Waals surface area contributed by atoms with Crippen LogP contribution in [-0.2, 0) is 17.8 Å². The lowest BCUT2D eigenvalue weighted by Gasteiger charge is -2.02. The molecule has 0 bridgehead atoms. The zero-order valence-corrected chi connectivity index (χ0v) is 13.9. The summed E-state index contributed by atoms with van der Waals surface area (Å²) in [6, 6.07) is 3.81. The Morgan fingerprint density at radius 1 is 1.13 bits per heavy atom. The van der Waals surface area contributed by atoms with Crippen LogP contribution < -0.4 is 0 Å². The van der Waals surface area contributed by atoms with E-state index in [1.807, 2.05) is 24.7 Å². The molecule has 0 aliphatic rings. The van der Waals surface area contributed by atoms with Gasteiger partial charge in [-0.1, -0.05) is 12.8 Å². The molecule has 0 aliphatic carbocycles. The van der Waals surface area contributed by atoms with Gasteiger partial charge in [-0.2, -0.15) is 0 Å². The van der Waals surface area contributed by atoms with Gasteiger partial charge in [-0.15, -0.1) is 11.3 Å². The van der Waals surface area contributed by atoms with Crippen molar-refractivity contribution in [1.82, 2.24) is 9.55 Å². The molecule has 0 saturated carbocycles. The summed E-state index contributed by atoms with van der Waals surface area (Å²) in [4.78, 5) is 28.2. The van der Waals surface area contributed by atoms with Gasteiger partial charge in [0.15, 0.2) is 5.78 Å². The lowest BCUT2D eigenvalue weighted by molar-refractivity contribution is -0.136. The van der Waals surface area contributed by atoms with Crippen LogP contribution in [0.15, 0.2) is 30.9 Å². The first kappa shape index (κ1) is 17.4. The van der Waals surface area contributed by atoms with E-state index < -0.39 is 5.97 Å². The number of ketones is 1. The third-order valence-corrected chi connectivity index (χ3v) is 4.84. The molecule has 0 unspecified atom stereocenters. The molecule has 0 radical (unpaired) electrons. The van der Waals surface area contributed by atoms with Gasteiger partial charge in [0.25, 0.3) is 0 Å². The van der Waals surface area contributed by atoms with Crippen molar-refractivity contribution in [3.05, 3.63) is 40.6 Å². The normalized spacial score (nSPS) is 10.8. The van der Waals surface area contributed by atoms with E-state index in [1.54, 1.807) is 6.20 Å². The summed E-state index contributed by atoms with van der Waals surface area (Å²) >= 11 is 1.50. The number of hydrogen-bond acceptors (Lipinski definition) is 4. The number of nitrogens with zero attached hydrogens (tertiary/aromatic N) is 2. The fraction of sp³-hybridized carbons (Fsp3) is 0.471. The van der Waals surface area contributed by atoms with E-state index in [1.165, 1.54) is 29.1 Å². The van der Waals surface area contributed by atoms with Crippen LogP contribution in [0.4, 0.5) is 0 Å². The number of aliphatic carboxylic acids is 1. The molecule has 0 saturated heterocycles. The van der Waals surface area contributed by atoms with E-state index in [-0.39, 0.29) is 18.6 Å². The highest BCUT2D eigenvalue weighted by Gasteiger charge is 2.11. The number of carboxylic acids is 1. The number of carbonyl (C=O) groups is 2. The summed E-state index contributed by atoms with van der Waals surface area (Å²) < 4.78 is 2.09. The van der Waals surface area contributed by atoms with Crippen LogP contribution in [0, 0.1) is 0 Å². The van der Waals surface area contributed by atoms with Crippen molar-refractivity contribution in [3.8, 4) is 0 Å². The van der Waals surface area contributed by atoms with E-state index in [2.05, 4.69) is 9.55 Å². The highest BCUT2D eigenvalue weighted by Crippen LogP contribution is 2.21. The highest BCUT2D eigenvalue weighted by molar-refractivity contribution is 7.14. The van der Waals surface area contributed by atoms with Gasteiger partial charge in [-0.3, -0.25) is 9.59 Å². The average Bonchev–Trinajstić information content (AvgIpc) is 3.19. The number of rotatable bonds is 11. The Bertz CT molecular complexity index is 620. The minimum Gasteiger partial charge on any atom is -0.481 e. The van der Waals surface area contributed by atoms with Crippen LogP contribution in [0.5, 0.6) is 0 Å². The monoisotopic (exact) mass is 334 g/mol. The first-order chi connectivity index (χ1) is 11.1. The number of aromatic nitrogens is 2. The Kier molecular flexibility index (Phi) is 7.00. The number of Topliss-reactive ketones (excluding diaryl/α,β-unsaturated/α-hetero) is 1. The molecule has 124 valence electrons. The summed E-state index contributed by atoms with van der Waals surface area (Å²) in [7, 11) is 0. The Morgan fingerprint density at radius 2 is 1.96 bits per heavy atom. The second-order valence-electron chi connectivity index (χ2n) is 5.55. The first-order valence-corrected chi connectivity index (χ1v) is 8.76. The number of thiophene rings is 1. The molecule has 0 spiro atoms. The number of imidazole rings is 1. The van der Waals surface area contributed by atoms with E-state index in [9.17, 15) is 9.59 Å². The number of hydrogen-bond donors (Lipinski definition) is 1. The molecule has 0 amide bonds. The van der Waals surface area contributed by atoms with Crippen LogP contribution in [-0.4, -0.2) is 26.4 Å². The summed E-state index contributed by atoms with van der Waals surface area (Å²) in [5.41, 5.74) is 0. The van der Waals surface area contributed by atoms with Crippen molar-refractivity contribution in [1.29, 1.82) is 0 Å². The van der Waals surface area contributed by atoms with Gasteiger partial charge in [0.1, 0.15) is 0 Å². The molecule has 5 nitrogen and oxygen atoms in total. The van der Waals surface area contributed by atoms with Crippen molar-refractivity contribution in [3.63, 3.8) is 0 Å². The van der Waals surface area contributed by atoms with Crippen molar-refractivity contribution in [2.24, 2.45) is 0 Å². The Morgan fingerprint density at radius 3 is 2.70 bits per heavy atom. The van der Waals surface area contributed by atoms with Gasteiger partial charge in [0.2, 0.25) is 0 Å². The molecular formula is C17H22N2O3S. The molecule has 0 atom stereocenters. The number of unbranched alkanes of at least 4 members (excludes halogenated alkanes) is 3. The zero-order valence-electron chi connectivity index (χ0n) is 13.1. The molecule has 2 heterocycles. The Balaban J connectivity index is 1.60. The Labute approximate surface area is 140 Å². The highest BCUT2D eigenvalue weighted by atomic mass is 32.1. The number of aryl methyl sites for hydroxylation is 2. The second kappa shape index (κ2) is 9.25. The van der Waals surface area contributed by atoms with Gasteiger partial charge in [-0.05, 0) is 31.4 Å². The molecule has 0 aromatic carbocycles. The minimum atomic E-state index is -0.925. The maximum atomic E-state index is 11.8. The molecule has 2 aromatic rings. The summed E-state index contributed by atoms with van der Waals surface area (Å²) in [6.45, 7) is 1.02. The first-order valence-electron chi connectivity index (χ1n) is 7.94. The van der Waals surface area contributed by atoms with Crippen molar-refractivity contribution < 1.29 is 14.7 Å². The van der Waals surface area contributed by atoms with E-state index in [0.29, 0.717) is 4.88 Å². The van der Waals surface area contributed by atoms with Crippen LogP contribution in [0.3, 0.4) is 0 Å². The average molecular weight is 334 g/mol. The second-order valence-corrected chi connectivity index (χ2v) is 6.72. The summed E-state index contributed by atoms with van der Waals surface area (Å²) in [5, 5.41) is 8.61. The minimum absolute atomic E-state index is 0.0658. The smallest absolute Gasteiger partial charge is 0.303 e. The molecule has 2 aromatic heterocycles.